The third-order valence-corrected chi connectivity index (χ3v) is 6.93. The molecular formula is C20H18N4O7. The monoisotopic (exact) mass is 426 g/mol. The van der Waals surface area contributed by atoms with E-state index in [0.717, 1.165) is 0 Å². The van der Waals surface area contributed by atoms with Crippen LogP contribution < -0.4 is 5.73 Å². The number of aliphatic hydroxyl groups is 1. The molecule has 0 heterocycles. The topological polar surface area (TPSA) is 201 Å². The van der Waals surface area contributed by atoms with Crippen molar-refractivity contribution in [2.75, 3.05) is 0 Å². The minimum atomic E-state index is -2.69. The molecule has 1 aromatic rings. The van der Waals surface area contributed by atoms with Crippen LogP contribution in [0.25, 0.3) is 10.4 Å². The van der Waals surface area contributed by atoms with Gasteiger partial charge in [0.05, 0.1) is 17.2 Å². The lowest BCUT2D eigenvalue weighted by Crippen LogP contribution is -2.68. The summed E-state index contributed by atoms with van der Waals surface area (Å²) in [5, 5.41) is 24.9. The molecule has 3 aliphatic carbocycles. The molecule has 2 unspecified atom stereocenters. The lowest BCUT2D eigenvalue weighted by Gasteiger charge is -2.50. The summed E-state index contributed by atoms with van der Waals surface area (Å²) in [6.07, 6.45) is -0.374. The summed E-state index contributed by atoms with van der Waals surface area (Å²) < 4.78 is 0. The highest BCUT2D eigenvalue weighted by molar-refractivity contribution is 6.31. The maximum Gasteiger partial charge on any atom is 0.235 e. The Bertz CT molecular complexity index is 1140. The number of amides is 1. The van der Waals surface area contributed by atoms with Gasteiger partial charge >= 0.3 is 0 Å². The fraction of sp³-hybridized carbons (Fsp3) is 0.450. The second-order valence-corrected chi connectivity index (χ2v) is 8.31. The summed E-state index contributed by atoms with van der Waals surface area (Å²) in [5.41, 5.74) is 11.1. The van der Waals surface area contributed by atoms with Gasteiger partial charge in [0.25, 0.3) is 0 Å². The van der Waals surface area contributed by atoms with Crippen LogP contribution in [0.15, 0.2) is 17.2 Å². The smallest absolute Gasteiger partial charge is 0.235 e. The Morgan fingerprint density at radius 3 is 2.55 bits per heavy atom. The Morgan fingerprint density at radius 1 is 1.26 bits per heavy atom. The molecular weight excluding hydrogens is 408 g/mol. The van der Waals surface area contributed by atoms with Crippen LogP contribution in [-0.4, -0.2) is 44.9 Å². The number of azide groups is 1. The van der Waals surface area contributed by atoms with E-state index in [-0.39, 0.29) is 24.1 Å². The van der Waals surface area contributed by atoms with E-state index in [1.807, 2.05) is 0 Å². The molecule has 11 nitrogen and oxygen atoms in total. The van der Waals surface area contributed by atoms with E-state index in [9.17, 15) is 34.2 Å². The fourth-order valence-corrected chi connectivity index (χ4v) is 5.39. The molecule has 0 aromatic heterocycles. The minimum absolute atomic E-state index is 0.0150. The van der Waals surface area contributed by atoms with Crippen LogP contribution in [0.5, 0.6) is 5.75 Å². The largest absolute Gasteiger partial charge is 0.507 e. The third-order valence-electron chi connectivity index (χ3n) is 6.93. The first kappa shape index (κ1) is 20.7. The van der Waals surface area contributed by atoms with Crippen molar-refractivity contribution < 1.29 is 34.2 Å². The van der Waals surface area contributed by atoms with Crippen molar-refractivity contribution in [1.29, 1.82) is 0 Å². The van der Waals surface area contributed by atoms with Gasteiger partial charge in [0.15, 0.2) is 34.7 Å². The zero-order valence-corrected chi connectivity index (χ0v) is 16.3. The number of aromatic hydroxyl groups is 1. The highest BCUT2D eigenvalue weighted by atomic mass is 16.3. The van der Waals surface area contributed by atoms with Crippen molar-refractivity contribution in [3.05, 3.63) is 33.7 Å². The second-order valence-electron chi connectivity index (χ2n) is 8.31. The number of nitrogens with two attached hydrogens (primary N) is 1. The second kappa shape index (κ2) is 6.73. The number of hydrogen-bond donors (Lipinski definition) is 3. The van der Waals surface area contributed by atoms with Crippen molar-refractivity contribution in [3.63, 3.8) is 0 Å². The quantitative estimate of drug-likeness (QED) is 0.269. The SMILES string of the molecule is C[C@H]1c2ccc(N=[N+]=[N-])c(O)c2C(=O)C2C(=O)[C@]3(O)C(=O)C(C(N)=O)C(=O)C[C@@H]3C[C@@H]21. The van der Waals surface area contributed by atoms with E-state index in [1.165, 1.54) is 12.1 Å². The molecule has 11 heteroatoms. The van der Waals surface area contributed by atoms with Gasteiger partial charge in [-0.25, -0.2) is 0 Å². The van der Waals surface area contributed by atoms with Gasteiger partial charge in [-0.15, -0.1) is 0 Å². The molecule has 4 rings (SSSR count). The van der Waals surface area contributed by atoms with Crippen LogP contribution in [0.4, 0.5) is 5.69 Å². The summed E-state index contributed by atoms with van der Waals surface area (Å²) >= 11 is 0. The van der Waals surface area contributed by atoms with Crippen molar-refractivity contribution in [1.82, 2.24) is 0 Å². The number of Topliss-reactive ketones (excluding diaryl/α,β-unsaturated/α-hetero) is 4. The Hall–Kier alpha value is -3.56. The van der Waals surface area contributed by atoms with E-state index in [1.54, 1.807) is 6.92 Å². The molecule has 2 saturated carbocycles. The molecule has 2 fully saturated rings. The Labute approximate surface area is 174 Å². The van der Waals surface area contributed by atoms with E-state index in [0.29, 0.717) is 5.56 Å². The van der Waals surface area contributed by atoms with Crippen LogP contribution in [0.3, 0.4) is 0 Å². The predicted octanol–water partition coefficient (Wildman–Crippen LogP) is 0.830. The first-order valence-corrected chi connectivity index (χ1v) is 9.63. The summed E-state index contributed by atoms with van der Waals surface area (Å²) in [6.45, 7) is 1.73. The number of nitrogens with zero attached hydrogens (tertiary/aromatic N) is 3. The molecule has 3 aliphatic rings. The van der Waals surface area contributed by atoms with E-state index in [4.69, 9.17) is 11.3 Å². The van der Waals surface area contributed by atoms with Gasteiger partial charge < -0.3 is 15.9 Å². The van der Waals surface area contributed by atoms with Crippen LogP contribution in [-0.2, 0) is 19.2 Å². The van der Waals surface area contributed by atoms with Crippen molar-refractivity contribution in [2.45, 2.75) is 31.3 Å². The zero-order valence-electron chi connectivity index (χ0n) is 16.3. The maximum atomic E-state index is 13.4. The number of benzene rings is 1. The minimum Gasteiger partial charge on any atom is -0.507 e. The lowest BCUT2D eigenvalue weighted by molar-refractivity contribution is -0.176. The molecule has 0 spiro atoms. The van der Waals surface area contributed by atoms with Gasteiger partial charge in [-0.2, -0.15) is 0 Å². The van der Waals surface area contributed by atoms with Gasteiger partial charge in [0, 0.05) is 17.3 Å². The highest BCUT2D eigenvalue weighted by Gasteiger charge is 2.66. The standard InChI is InChI=1S/C20H18N4O7/c1-6-8-2-3-10(23-24-22)15(26)12(8)16(27)13-9(6)4-7-5-11(25)14(19(21)30)18(29)20(7,31)17(13)28/h2-3,6-7,9,13-14,26,31H,4-5H2,1H3,(H2,21,30)/t6-,7-,9+,13?,14?,20-/m0/s1. The molecule has 160 valence electrons. The summed E-state index contributed by atoms with van der Waals surface area (Å²) in [5.74, 6) is -11.4. The maximum absolute atomic E-state index is 13.4. The summed E-state index contributed by atoms with van der Waals surface area (Å²) in [7, 11) is 0. The molecule has 0 bridgehead atoms. The molecule has 0 aliphatic heterocycles. The number of rotatable bonds is 2. The van der Waals surface area contributed by atoms with Gasteiger partial charge in [0.2, 0.25) is 5.91 Å². The number of fused-ring (bicyclic) bond motifs is 3. The van der Waals surface area contributed by atoms with Crippen LogP contribution in [0.2, 0.25) is 0 Å². The van der Waals surface area contributed by atoms with Crippen molar-refractivity contribution in [2.24, 2.45) is 34.5 Å². The molecule has 31 heavy (non-hydrogen) atoms. The number of carbonyl (C=O) groups excluding carboxylic acids is 5. The van der Waals surface area contributed by atoms with Gasteiger partial charge in [-0.1, -0.05) is 18.1 Å². The molecule has 0 saturated heterocycles. The van der Waals surface area contributed by atoms with Crippen LogP contribution in [0, 0.1) is 23.7 Å². The fourth-order valence-electron chi connectivity index (χ4n) is 5.39. The van der Waals surface area contributed by atoms with E-state index in [2.05, 4.69) is 10.0 Å². The van der Waals surface area contributed by atoms with Crippen LogP contribution in [0.1, 0.15) is 41.6 Å². The third kappa shape index (κ3) is 2.57. The van der Waals surface area contributed by atoms with Crippen molar-refractivity contribution in [3.8, 4) is 5.75 Å². The first-order valence-electron chi connectivity index (χ1n) is 9.63. The Balaban J connectivity index is 1.86. The van der Waals surface area contributed by atoms with E-state index >= 15 is 0 Å². The predicted molar refractivity (Wildman–Crippen MR) is 102 cm³/mol. The van der Waals surface area contributed by atoms with Gasteiger partial charge in [-0.05, 0) is 35.4 Å². The summed E-state index contributed by atoms with van der Waals surface area (Å²) in [6, 6.07) is 2.87. The lowest BCUT2D eigenvalue weighted by atomic mass is 9.52. The molecule has 0 radical (unpaired) electrons. The average Bonchev–Trinajstić information content (AvgIpc) is 2.70. The summed E-state index contributed by atoms with van der Waals surface area (Å²) in [4.78, 5) is 66.0. The number of ketones is 4. The van der Waals surface area contributed by atoms with Gasteiger partial charge in [0.1, 0.15) is 5.75 Å². The first-order chi connectivity index (χ1) is 14.5. The number of phenolic OH excluding ortho intramolecular Hbond substituents is 1. The number of hydrogen-bond acceptors (Lipinski definition) is 8. The molecule has 6 atom stereocenters. The Morgan fingerprint density at radius 2 is 1.94 bits per heavy atom. The average molecular weight is 426 g/mol. The zero-order chi connectivity index (χ0) is 22.8. The van der Waals surface area contributed by atoms with Crippen molar-refractivity contribution >= 4 is 34.7 Å². The van der Waals surface area contributed by atoms with Gasteiger partial charge in [-0.3, -0.25) is 24.0 Å². The van der Waals surface area contributed by atoms with Crippen LogP contribution >= 0.6 is 0 Å². The Kier molecular flexibility index (Phi) is 4.49. The molecule has 4 N–H and O–H groups in total. The normalized spacial score (nSPS) is 34.3. The number of carbonyl (C=O) groups is 5. The number of primary amides is 1. The molecule has 1 amide bonds. The molecule has 1 aromatic carbocycles. The highest BCUT2D eigenvalue weighted by Crippen LogP contribution is 2.54. The van der Waals surface area contributed by atoms with E-state index < -0.39 is 70.0 Å². The number of phenols is 1.